The summed E-state index contributed by atoms with van der Waals surface area (Å²) in [5.74, 6) is -0.793. The molecule has 74 valence electrons. The first kappa shape index (κ1) is 9.46. The summed E-state index contributed by atoms with van der Waals surface area (Å²) in [5.41, 5.74) is -0.186. The first-order valence-corrected chi connectivity index (χ1v) is 4.88. The van der Waals surface area contributed by atoms with Crippen LogP contribution in [0.1, 0.15) is 25.0 Å². The lowest BCUT2D eigenvalue weighted by Crippen LogP contribution is -2.43. The van der Waals surface area contributed by atoms with E-state index in [9.17, 15) is 4.79 Å². The molecule has 0 saturated heterocycles. The summed E-state index contributed by atoms with van der Waals surface area (Å²) in [6, 6.07) is 3.30. The third kappa shape index (κ3) is 1.28. The molecule has 1 aliphatic carbocycles. The Morgan fingerprint density at radius 2 is 2.29 bits per heavy atom. The van der Waals surface area contributed by atoms with Gasteiger partial charge in [0.15, 0.2) is 0 Å². The van der Waals surface area contributed by atoms with Gasteiger partial charge < -0.3 is 5.11 Å². The third-order valence-corrected chi connectivity index (χ3v) is 3.06. The van der Waals surface area contributed by atoms with Crippen LogP contribution in [-0.4, -0.2) is 16.1 Å². The van der Waals surface area contributed by atoms with Crippen LogP contribution in [0, 0.1) is 0 Å². The summed E-state index contributed by atoms with van der Waals surface area (Å²) < 4.78 is 0. The topological polar surface area (TPSA) is 50.2 Å². The zero-order chi connectivity index (χ0) is 10.2. The average Bonchev–Trinajstić information content (AvgIpc) is 2.00. The molecule has 0 amide bonds. The van der Waals surface area contributed by atoms with Crippen molar-refractivity contribution in [3.8, 4) is 0 Å². The Hall–Kier alpha value is -1.09. The van der Waals surface area contributed by atoms with Crippen LogP contribution >= 0.6 is 11.6 Å². The molecule has 2 rings (SSSR count). The van der Waals surface area contributed by atoms with Gasteiger partial charge in [0.1, 0.15) is 5.41 Å². The first-order chi connectivity index (χ1) is 6.65. The molecule has 4 heteroatoms. The molecule has 1 aromatic heterocycles. The summed E-state index contributed by atoms with van der Waals surface area (Å²) in [5, 5.41) is 9.69. The lowest BCUT2D eigenvalue weighted by molar-refractivity contribution is -0.147. The third-order valence-electron chi connectivity index (χ3n) is 2.83. The van der Waals surface area contributed by atoms with Gasteiger partial charge in [-0.3, -0.25) is 9.78 Å². The summed E-state index contributed by atoms with van der Waals surface area (Å²) in [6.45, 7) is 0. The highest BCUT2D eigenvalue weighted by Crippen LogP contribution is 2.43. The SMILES string of the molecule is O=C(O)C1(c2cc(Cl)ccn2)CCC1. The van der Waals surface area contributed by atoms with Crippen molar-refractivity contribution in [1.29, 1.82) is 0 Å². The molecule has 3 nitrogen and oxygen atoms in total. The maximum absolute atomic E-state index is 11.1. The number of rotatable bonds is 2. The second-order valence-electron chi connectivity index (χ2n) is 3.60. The molecule has 1 fully saturated rings. The minimum Gasteiger partial charge on any atom is -0.481 e. The molecule has 0 spiro atoms. The molecule has 1 N–H and O–H groups in total. The number of halogens is 1. The Morgan fingerprint density at radius 1 is 1.57 bits per heavy atom. The van der Waals surface area contributed by atoms with E-state index in [0.29, 0.717) is 23.6 Å². The molecular weight excluding hydrogens is 202 g/mol. The van der Waals surface area contributed by atoms with Gasteiger partial charge in [-0.05, 0) is 25.0 Å². The van der Waals surface area contributed by atoms with Crippen molar-refractivity contribution in [2.45, 2.75) is 24.7 Å². The number of hydrogen-bond acceptors (Lipinski definition) is 2. The van der Waals surface area contributed by atoms with E-state index in [1.54, 1.807) is 18.3 Å². The molecule has 0 unspecified atom stereocenters. The van der Waals surface area contributed by atoms with Crippen molar-refractivity contribution in [2.24, 2.45) is 0 Å². The first-order valence-electron chi connectivity index (χ1n) is 4.50. The fraction of sp³-hybridized carbons (Fsp3) is 0.400. The summed E-state index contributed by atoms with van der Waals surface area (Å²) in [4.78, 5) is 15.2. The molecular formula is C10H10ClNO2. The van der Waals surface area contributed by atoms with E-state index >= 15 is 0 Å². The maximum atomic E-state index is 11.1. The van der Waals surface area contributed by atoms with Crippen LogP contribution < -0.4 is 0 Å². The predicted octanol–water partition coefficient (Wildman–Crippen LogP) is 2.24. The smallest absolute Gasteiger partial charge is 0.315 e. The molecule has 1 aromatic rings. The summed E-state index contributed by atoms with van der Waals surface area (Å²) >= 11 is 5.80. The van der Waals surface area contributed by atoms with Crippen molar-refractivity contribution in [1.82, 2.24) is 4.98 Å². The number of carboxylic acid groups (broad SMARTS) is 1. The molecule has 1 saturated carbocycles. The second-order valence-corrected chi connectivity index (χ2v) is 4.04. The van der Waals surface area contributed by atoms with Crippen LogP contribution in [0.3, 0.4) is 0 Å². The van der Waals surface area contributed by atoms with E-state index < -0.39 is 11.4 Å². The highest BCUT2D eigenvalue weighted by atomic mass is 35.5. The van der Waals surface area contributed by atoms with E-state index in [2.05, 4.69) is 4.98 Å². The molecule has 0 bridgehead atoms. The quantitative estimate of drug-likeness (QED) is 0.816. The molecule has 1 heterocycles. The van der Waals surface area contributed by atoms with Gasteiger partial charge in [0, 0.05) is 11.2 Å². The number of aromatic nitrogens is 1. The Labute approximate surface area is 86.7 Å². The van der Waals surface area contributed by atoms with E-state index in [-0.39, 0.29) is 0 Å². The Balaban J connectivity index is 2.42. The second kappa shape index (κ2) is 3.24. The number of pyridine rings is 1. The fourth-order valence-electron chi connectivity index (χ4n) is 1.78. The van der Waals surface area contributed by atoms with Crippen LogP contribution in [0.4, 0.5) is 0 Å². The Morgan fingerprint density at radius 3 is 2.71 bits per heavy atom. The molecule has 1 aliphatic rings. The standard InChI is InChI=1S/C10H10ClNO2/c11-7-2-5-12-8(6-7)10(9(13)14)3-1-4-10/h2,5-6H,1,3-4H2,(H,13,14). The molecule has 0 radical (unpaired) electrons. The van der Waals surface area contributed by atoms with Gasteiger partial charge in [-0.15, -0.1) is 0 Å². The number of hydrogen-bond donors (Lipinski definition) is 1. The van der Waals surface area contributed by atoms with Gasteiger partial charge in [0.05, 0.1) is 5.69 Å². The van der Waals surface area contributed by atoms with Gasteiger partial charge in [0.2, 0.25) is 0 Å². The summed E-state index contributed by atoms with van der Waals surface area (Å²) in [7, 11) is 0. The van der Waals surface area contributed by atoms with Crippen LogP contribution in [0.5, 0.6) is 0 Å². The van der Waals surface area contributed by atoms with E-state index in [1.807, 2.05) is 0 Å². The van der Waals surface area contributed by atoms with Gasteiger partial charge in [-0.2, -0.15) is 0 Å². The van der Waals surface area contributed by atoms with Gasteiger partial charge in [0.25, 0.3) is 0 Å². The van der Waals surface area contributed by atoms with Crippen molar-refractivity contribution < 1.29 is 9.90 Å². The van der Waals surface area contributed by atoms with Crippen molar-refractivity contribution in [3.63, 3.8) is 0 Å². The maximum Gasteiger partial charge on any atom is 0.315 e. The van der Waals surface area contributed by atoms with Crippen molar-refractivity contribution in [3.05, 3.63) is 29.0 Å². The lowest BCUT2D eigenvalue weighted by Gasteiger charge is -2.36. The van der Waals surface area contributed by atoms with Crippen molar-refractivity contribution in [2.75, 3.05) is 0 Å². The monoisotopic (exact) mass is 211 g/mol. The highest BCUT2D eigenvalue weighted by Gasteiger charge is 2.47. The van der Waals surface area contributed by atoms with Gasteiger partial charge in [-0.1, -0.05) is 18.0 Å². The zero-order valence-corrected chi connectivity index (χ0v) is 8.29. The van der Waals surface area contributed by atoms with Gasteiger partial charge >= 0.3 is 5.97 Å². The number of aliphatic carboxylic acids is 1. The van der Waals surface area contributed by atoms with E-state index in [1.165, 1.54) is 0 Å². The van der Waals surface area contributed by atoms with E-state index in [0.717, 1.165) is 6.42 Å². The number of carbonyl (C=O) groups is 1. The summed E-state index contributed by atoms with van der Waals surface area (Å²) in [6.07, 6.45) is 3.83. The van der Waals surface area contributed by atoms with Gasteiger partial charge in [-0.25, -0.2) is 0 Å². The van der Waals surface area contributed by atoms with Crippen LogP contribution in [0.15, 0.2) is 18.3 Å². The van der Waals surface area contributed by atoms with Crippen molar-refractivity contribution >= 4 is 17.6 Å². The largest absolute Gasteiger partial charge is 0.481 e. The fourth-order valence-corrected chi connectivity index (χ4v) is 1.94. The molecule has 14 heavy (non-hydrogen) atoms. The zero-order valence-electron chi connectivity index (χ0n) is 7.53. The average molecular weight is 212 g/mol. The highest BCUT2D eigenvalue weighted by molar-refractivity contribution is 6.30. The van der Waals surface area contributed by atoms with Crippen LogP contribution in [-0.2, 0) is 10.2 Å². The Bertz CT molecular complexity index is 374. The van der Waals surface area contributed by atoms with Crippen LogP contribution in [0.25, 0.3) is 0 Å². The predicted molar refractivity (Wildman–Crippen MR) is 52.4 cm³/mol. The Kier molecular flexibility index (Phi) is 2.19. The normalized spacial score (nSPS) is 18.6. The molecule has 0 atom stereocenters. The molecule has 0 aliphatic heterocycles. The number of nitrogens with zero attached hydrogens (tertiary/aromatic N) is 1. The lowest BCUT2D eigenvalue weighted by atomic mass is 9.66. The minimum absolute atomic E-state index is 0.544. The van der Waals surface area contributed by atoms with Crippen LogP contribution in [0.2, 0.25) is 5.02 Å². The van der Waals surface area contributed by atoms with E-state index in [4.69, 9.17) is 16.7 Å². The number of carboxylic acids is 1. The molecule has 0 aromatic carbocycles. The minimum atomic E-state index is -0.793.